The third kappa shape index (κ3) is 2.58. The van der Waals surface area contributed by atoms with Crippen molar-refractivity contribution in [3.63, 3.8) is 0 Å². The van der Waals surface area contributed by atoms with Crippen LogP contribution in [0.4, 0.5) is 0 Å². The third-order valence-corrected chi connectivity index (χ3v) is 4.51. The normalized spacial score (nSPS) is 27.5. The largest absolute Gasteiger partial charge is 0.297 e. The summed E-state index contributed by atoms with van der Waals surface area (Å²) in [6.07, 6.45) is 11.7. The topological polar surface area (TPSA) is 35.8 Å². The number of nitriles is 1. The fourth-order valence-electron chi connectivity index (χ4n) is 3.42. The van der Waals surface area contributed by atoms with Gasteiger partial charge in [-0.3, -0.25) is 5.32 Å². The van der Waals surface area contributed by atoms with E-state index < -0.39 is 0 Å². The van der Waals surface area contributed by atoms with Crippen molar-refractivity contribution in [1.29, 1.82) is 5.26 Å². The molecule has 0 bridgehead atoms. The molecule has 0 aromatic heterocycles. The molecule has 16 heavy (non-hydrogen) atoms. The molecule has 0 spiro atoms. The van der Waals surface area contributed by atoms with E-state index in [1.54, 1.807) is 0 Å². The van der Waals surface area contributed by atoms with E-state index in [1.165, 1.54) is 57.8 Å². The minimum absolute atomic E-state index is 0.265. The first-order valence-corrected chi connectivity index (χ1v) is 6.93. The molecule has 0 aliphatic heterocycles. The lowest BCUT2D eigenvalue weighted by Gasteiger charge is -2.35. The second-order valence-corrected chi connectivity index (χ2v) is 5.77. The summed E-state index contributed by atoms with van der Waals surface area (Å²) in [5.41, 5.74) is -0.265. The molecule has 1 N–H and O–H groups in total. The summed E-state index contributed by atoms with van der Waals surface area (Å²) in [6.45, 7) is 2.12. The van der Waals surface area contributed by atoms with Crippen molar-refractivity contribution in [3.05, 3.63) is 0 Å². The monoisotopic (exact) mass is 220 g/mol. The lowest BCUT2D eigenvalue weighted by Crippen LogP contribution is -2.52. The molecule has 2 saturated carbocycles. The van der Waals surface area contributed by atoms with Gasteiger partial charge in [-0.05, 0) is 38.5 Å². The molecule has 0 aromatic rings. The highest BCUT2D eigenvalue weighted by atomic mass is 15.0. The highest BCUT2D eigenvalue weighted by Gasteiger charge is 2.37. The van der Waals surface area contributed by atoms with Crippen molar-refractivity contribution in [1.82, 2.24) is 5.32 Å². The Morgan fingerprint density at radius 2 is 1.56 bits per heavy atom. The molecule has 2 fully saturated rings. The molecule has 0 saturated heterocycles. The van der Waals surface area contributed by atoms with Gasteiger partial charge in [0.1, 0.15) is 5.54 Å². The lowest BCUT2D eigenvalue weighted by molar-refractivity contribution is 0.239. The Morgan fingerprint density at radius 1 is 1.00 bits per heavy atom. The average molecular weight is 220 g/mol. The van der Waals surface area contributed by atoms with Gasteiger partial charge in [0.2, 0.25) is 0 Å². The van der Waals surface area contributed by atoms with Crippen LogP contribution in [0.1, 0.15) is 64.7 Å². The highest BCUT2D eigenvalue weighted by Crippen LogP contribution is 2.35. The van der Waals surface area contributed by atoms with Gasteiger partial charge in [0.15, 0.2) is 0 Å². The van der Waals surface area contributed by atoms with Crippen LogP contribution in [-0.2, 0) is 0 Å². The van der Waals surface area contributed by atoms with E-state index in [1.807, 2.05) is 0 Å². The van der Waals surface area contributed by atoms with Crippen molar-refractivity contribution >= 4 is 0 Å². The van der Waals surface area contributed by atoms with Crippen LogP contribution in [0.25, 0.3) is 0 Å². The van der Waals surface area contributed by atoms with E-state index in [2.05, 4.69) is 18.3 Å². The van der Waals surface area contributed by atoms with Crippen molar-refractivity contribution in [2.45, 2.75) is 76.3 Å². The lowest BCUT2D eigenvalue weighted by atomic mass is 9.83. The smallest absolute Gasteiger partial charge is 0.106 e. The molecule has 0 heterocycles. The molecule has 2 aliphatic carbocycles. The van der Waals surface area contributed by atoms with E-state index in [4.69, 9.17) is 0 Å². The first kappa shape index (κ1) is 11.9. The van der Waals surface area contributed by atoms with Crippen molar-refractivity contribution < 1.29 is 0 Å². The van der Waals surface area contributed by atoms with Crippen LogP contribution in [0.5, 0.6) is 0 Å². The standard InChI is InChI=1S/C14H24N2/c1-14(11-15,12-7-5-6-8-12)16-13-9-3-2-4-10-13/h12-13,16H,2-10H2,1H3. The number of hydrogen-bond acceptors (Lipinski definition) is 2. The predicted molar refractivity (Wildman–Crippen MR) is 66.0 cm³/mol. The summed E-state index contributed by atoms with van der Waals surface area (Å²) in [5, 5.41) is 13.1. The van der Waals surface area contributed by atoms with E-state index in [9.17, 15) is 5.26 Å². The molecular weight excluding hydrogens is 196 g/mol. The zero-order valence-electron chi connectivity index (χ0n) is 10.5. The molecule has 1 unspecified atom stereocenters. The van der Waals surface area contributed by atoms with Gasteiger partial charge in [0.05, 0.1) is 6.07 Å². The Morgan fingerprint density at radius 3 is 2.12 bits per heavy atom. The van der Waals surface area contributed by atoms with Crippen LogP contribution >= 0.6 is 0 Å². The SMILES string of the molecule is CC(C#N)(NC1CCCCC1)C1CCCC1. The summed E-state index contributed by atoms with van der Waals surface area (Å²) < 4.78 is 0. The maximum Gasteiger partial charge on any atom is 0.106 e. The second kappa shape index (κ2) is 5.19. The minimum Gasteiger partial charge on any atom is -0.297 e. The summed E-state index contributed by atoms with van der Waals surface area (Å²) in [7, 11) is 0. The Hall–Kier alpha value is -0.550. The minimum atomic E-state index is -0.265. The molecule has 2 heteroatoms. The Balaban J connectivity index is 1.94. The fraction of sp³-hybridized carbons (Fsp3) is 0.929. The van der Waals surface area contributed by atoms with Crippen molar-refractivity contribution in [3.8, 4) is 6.07 Å². The molecule has 1 atom stereocenters. The predicted octanol–water partition coefficient (Wildman–Crippen LogP) is 3.38. The summed E-state index contributed by atoms with van der Waals surface area (Å²) >= 11 is 0. The van der Waals surface area contributed by atoms with Crippen LogP contribution in [0, 0.1) is 17.2 Å². The molecule has 0 aromatic carbocycles. The number of nitrogens with one attached hydrogen (secondary N) is 1. The van der Waals surface area contributed by atoms with Crippen LogP contribution in [0.15, 0.2) is 0 Å². The molecule has 0 amide bonds. The summed E-state index contributed by atoms with van der Waals surface area (Å²) in [4.78, 5) is 0. The van der Waals surface area contributed by atoms with E-state index in [0.29, 0.717) is 12.0 Å². The second-order valence-electron chi connectivity index (χ2n) is 5.77. The van der Waals surface area contributed by atoms with Crippen LogP contribution in [-0.4, -0.2) is 11.6 Å². The quantitative estimate of drug-likeness (QED) is 0.791. The maximum absolute atomic E-state index is 9.46. The van der Waals surface area contributed by atoms with Gasteiger partial charge >= 0.3 is 0 Å². The van der Waals surface area contributed by atoms with Gasteiger partial charge in [0, 0.05) is 6.04 Å². The summed E-state index contributed by atoms with van der Waals surface area (Å²) in [5.74, 6) is 0.583. The van der Waals surface area contributed by atoms with Crippen molar-refractivity contribution in [2.75, 3.05) is 0 Å². The van der Waals surface area contributed by atoms with Gasteiger partial charge in [-0.15, -0.1) is 0 Å². The Labute approximate surface area is 99.4 Å². The molecule has 2 aliphatic rings. The van der Waals surface area contributed by atoms with E-state index in [-0.39, 0.29) is 5.54 Å². The molecule has 0 radical (unpaired) electrons. The van der Waals surface area contributed by atoms with Gasteiger partial charge in [-0.25, -0.2) is 0 Å². The van der Waals surface area contributed by atoms with Crippen LogP contribution in [0.3, 0.4) is 0 Å². The van der Waals surface area contributed by atoms with Crippen LogP contribution in [0.2, 0.25) is 0 Å². The first-order valence-electron chi connectivity index (χ1n) is 6.93. The van der Waals surface area contributed by atoms with Crippen molar-refractivity contribution in [2.24, 2.45) is 5.92 Å². The van der Waals surface area contributed by atoms with E-state index in [0.717, 1.165) is 0 Å². The average Bonchev–Trinajstić information content (AvgIpc) is 2.84. The van der Waals surface area contributed by atoms with Gasteiger partial charge in [-0.1, -0.05) is 32.1 Å². The van der Waals surface area contributed by atoms with E-state index >= 15 is 0 Å². The zero-order chi connectivity index (χ0) is 11.4. The number of rotatable bonds is 3. The molecule has 2 rings (SSSR count). The first-order chi connectivity index (χ1) is 7.74. The van der Waals surface area contributed by atoms with Gasteiger partial charge in [-0.2, -0.15) is 5.26 Å². The maximum atomic E-state index is 9.46. The number of hydrogen-bond donors (Lipinski definition) is 1. The Kier molecular flexibility index (Phi) is 3.86. The van der Waals surface area contributed by atoms with Gasteiger partial charge in [0.25, 0.3) is 0 Å². The Bertz CT molecular complexity index is 256. The summed E-state index contributed by atoms with van der Waals surface area (Å²) in [6, 6.07) is 3.15. The third-order valence-electron chi connectivity index (χ3n) is 4.51. The highest BCUT2D eigenvalue weighted by molar-refractivity contribution is 5.10. The molecule has 2 nitrogen and oxygen atoms in total. The molecule has 90 valence electrons. The van der Waals surface area contributed by atoms with Crippen LogP contribution < -0.4 is 5.32 Å². The fourth-order valence-corrected chi connectivity index (χ4v) is 3.42. The van der Waals surface area contributed by atoms with Gasteiger partial charge < -0.3 is 0 Å². The zero-order valence-corrected chi connectivity index (χ0v) is 10.5. The molecular formula is C14H24N2. The number of nitrogens with zero attached hydrogens (tertiary/aromatic N) is 1.